The summed E-state index contributed by atoms with van der Waals surface area (Å²) >= 11 is 0. The number of likely N-dealkylation sites (N-methyl/N-ethyl adjacent to an activating group) is 1. The second-order valence-electron chi connectivity index (χ2n) is 4.30. The van der Waals surface area contributed by atoms with Gasteiger partial charge in [-0.1, -0.05) is 0 Å². The number of likely N-dealkylation sites (tertiary alicyclic amines) is 1. The first kappa shape index (κ1) is 12.0. The molecule has 5 nitrogen and oxygen atoms in total. The third-order valence-corrected chi connectivity index (χ3v) is 2.84. The molecule has 0 aliphatic carbocycles. The fraction of sp³-hybridized carbons (Fsp3) is 0.800. The number of carbonyl (C=O) groups is 2. The maximum Gasteiger partial charge on any atom is 0.308 e. The second-order valence-corrected chi connectivity index (χ2v) is 4.30. The van der Waals surface area contributed by atoms with Crippen molar-refractivity contribution in [1.82, 2.24) is 9.80 Å². The van der Waals surface area contributed by atoms with Crippen LogP contribution in [0.3, 0.4) is 0 Å². The van der Waals surface area contributed by atoms with Gasteiger partial charge in [0, 0.05) is 12.6 Å². The van der Waals surface area contributed by atoms with E-state index < -0.39 is 11.9 Å². The van der Waals surface area contributed by atoms with Gasteiger partial charge in [-0.2, -0.15) is 0 Å². The Kier molecular flexibility index (Phi) is 3.68. The third kappa shape index (κ3) is 2.68. The Balaban J connectivity index is 2.59. The van der Waals surface area contributed by atoms with E-state index in [-0.39, 0.29) is 11.9 Å². The monoisotopic (exact) mass is 214 g/mol. The van der Waals surface area contributed by atoms with Gasteiger partial charge < -0.3 is 14.9 Å². The molecule has 0 radical (unpaired) electrons. The number of hydrogen-bond donors (Lipinski definition) is 1. The van der Waals surface area contributed by atoms with Crippen molar-refractivity contribution in [1.29, 1.82) is 0 Å². The van der Waals surface area contributed by atoms with Gasteiger partial charge in [-0.15, -0.1) is 0 Å². The van der Waals surface area contributed by atoms with Crippen molar-refractivity contribution in [2.75, 3.05) is 27.2 Å². The Labute approximate surface area is 89.7 Å². The van der Waals surface area contributed by atoms with Gasteiger partial charge in [0.05, 0.1) is 12.5 Å². The van der Waals surface area contributed by atoms with E-state index >= 15 is 0 Å². The zero-order chi connectivity index (χ0) is 11.6. The molecule has 86 valence electrons. The Bertz CT molecular complexity index is 265. The first-order valence-corrected chi connectivity index (χ1v) is 5.10. The highest BCUT2D eigenvalue weighted by Crippen LogP contribution is 2.24. The van der Waals surface area contributed by atoms with E-state index in [9.17, 15) is 9.59 Å². The average molecular weight is 214 g/mol. The number of rotatable bonds is 3. The molecule has 1 heterocycles. The lowest BCUT2D eigenvalue weighted by Crippen LogP contribution is -2.42. The Morgan fingerprint density at radius 2 is 2.07 bits per heavy atom. The highest BCUT2D eigenvalue weighted by Gasteiger charge is 2.37. The first-order valence-electron chi connectivity index (χ1n) is 5.10. The van der Waals surface area contributed by atoms with Crippen molar-refractivity contribution in [3.63, 3.8) is 0 Å². The number of carbonyl (C=O) groups excluding carboxylic acids is 1. The Morgan fingerprint density at radius 1 is 1.47 bits per heavy atom. The quantitative estimate of drug-likeness (QED) is 0.711. The lowest BCUT2D eigenvalue weighted by atomic mass is 10.0. The molecule has 2 atom stereocenters. The van der Waals surface area contributed by atoms with E-state index in [4.69, 9.17) is 5.11 Å². The number of carboxylic acids is 1. The lowest BCUT2D eigenvalue weighted by Gasteiger charge is -2.24. The standard InChI is InChI=1S/C10H18N2O3/c1-7-8(10(14)15)4-5-12(7)9(13)6-11(2)3/h7-8H,4-6H2,1-3H3,(H,14,15). The van der Waals surface area contributed by atoms with Gasteiger partial charge in [0.1, 0.15) is 0 Å². The molecule has 0 aromatic heterocycles. The van der Waals surface area contributed by atoms with Crippen LogP contribution in [0, 0.1) is 5.92 Å². The van der Waals surface area contributed by atoms with Gasteiger partial charge in [-0.25, -0.2) is 0 Å². The molecular weight excluding hydrogens is 196 g/mol. The molecule has 0 spiro atoms. The van der Waals surface area contributed by atoms with Crippen LogP contribution in [-0.4, -0.2) is 60.0 Å². The Morgan fingerprint density at radius 3 is 2.47 bits per heavy atom. The van der Waals surface area contributed by atoms with Crippen LogP contribution in [0.2, 0.25) is 0 Å². The molecule has 1 amide bonds. The second kappa shape index (κ2) is 4.61. The summed E-state index contributed by atoms with van der Waals surface area (Å²) in [5.41, 5.74) is 0. The van der Waals surface area contributed by atoms with Gasteiger partial charge in [0.2, 0.25) is 5.91 Å². The predicted octanol–water partition coefficient (Wildman–Crippen LogP) is -0.130. The van der Waals surface area contributed by atoms with Crippen molar-refractivity contribution in [3.8, 4) is 0 Å². The summed E-state index contributed by atoms with van der Waals surface area (Å²) in [6, 6.07) is -0.185. The summed E-state index contributed by atoms with van der Waals surface area (Å²) in [6.07, 6.45) is 0.565. The minimum atomic E-state index is -0.803. The molecule has 0 aromatic rings. The molecule has 1 N–H and O–H groups in total. The molecule has 15 heavy (non-hydrogen) atoms. The summed E-state index contributed by atoms with van der Waals surface area (Å²) in [7, 11) is 3.65. The third-order valence-electron chi connectivity index (χ3n) is 2.84. The molecule has 1 fully saturated rings. The maximum absolute atomic E-state index is 11.7. The SMILES string of the molecule is CC1C(C(=O)O)CCN1C(=O)CN(C)C. The zero-order valence-electron chi connectivity index (χ0n) is 9.43. The van der Waals surface area contributed by atoms with Crippen LogP contribution in [0.5, 0.6) is 0 Å². The van der Waals surface area contributed by atoms with Gasteiger partial charge in [0.15, 0.2) is 0 Å². The largest absolute Gasteiger partial charge is 0.481 e. The maximum atomic E-state index is 11.7. The molecule has 5 heteroatoms. The summed E-state index contributed by atoms with van der Waals surface area (Å²) in [5.74, 6) is -1.20. The molecule has 1 aliphatic rings. The molecular formula is C10H18N2O3. The van der Waals surface area contributed by atoms with Gasteiger partial charge in [-0.05, 0) is 27.4 Å². The Hall–Kier alpha value is -1.10. The van der Waals surface area contributed by atoms with E-state index in [2.05, 4.69) is 0 Å². The highest BCUT2D eigenvalue weighted by atomic mass is 16.4. The summed E-state index contributed by atoms with van der Waals surface area (Å²) in [5, 5.41) is 8.92. The van der Waals surface area contributed by atoms with Crippen LogP contribution in [0.1, 0.15) is 13.3 Å². The van der Waals surface area contributed by atoms with Crippen molar-refractivity contribution in [2.45, 2.75) is 19.4 Å². The number of nitrogens with zero attached hydrogens (tertiary/aromatic N) is 2. The summed E-state index contributed by atoms with van der Waals surface area (Å²) < 4.78 is 0. The van der Waals surface area contributed by atoms with Crippen LogP contribution in [0.4, 0.5) is 0 Å². The van der Waals surface area contributed by atoms with E-state index in [0.29, 0.717) is 19.5 Å². The summed E-state index contributed by atoms with van der Waals surface area (Å²) in [4.78, 5) is 26.0. The minimum absolute atomic E-state index is 0.0104. The van der Waals surface area contributed by atoms with Crippen LogP contribution in [-0.2, 0) is 9.59 Å². The van der Waals surface area contributed by atoms with E-state index in [1.165, 1.54) is 0 Å². The lowest BCUT2D eigenvalue weighted by molar-refractivity contribution is -0.143. The zero-order valence-corrected chi connectivity index (χ0v) is 9.43. The first-order chi connectivity index (χ1) is 6.93. The van der Waals surface area contributed by atoms with Crippen LogP contribution >= 0.6 is 0 Å². The van der Waals surface area contributed by atoms with Gasteiger partial charge in [0.25, 0.3) is 0 Å². The van der Waals surface area contributed by atoms with Gasteiger partial charge >= 0.3 is 5.97 Å². The highest BCUT2D eigenvalue weighted by molar-refractivity contribution is 5.81. The van der Waals surface area contributed by atoms with Crippen molar-refractivity contribution < 1.29 is 14.7 Å². The van der Waals surface area contributed by atoms with Crippen LogP contribution in [0.15, 0.2) is 0 Å². The molecule has 1 saturated heterocycles. The average Bonchev–Trinajstić information content (AvgIpc) is 2.45. The van der Waals surface area contributed by atoms with Crippen molar-refractivity contribution in [3.05, 3.63) is 0 Å². The molecule has 1 aliphatic heterocycles. The molecule has 0 saturated carbocycles. The smallest absolute Gasteiger partial charge is 0.308 e. The minimum Gasteiger partial charge on any atom is -0.481 e. The summed E-state index contributed by atoms with van der Waals surface area (Å²) in [6.45, 7) is 2.71. The van der Waals surface area contributed by atoms with E-state index in [0.717, 1.165) is 0 Å². The molecule has 0 aromatic carbocycles. The van der Waals surface area contributed by atoms with Crippen molar-refractivity contribution in [2.24, 2.45) is 5.92 Å². The van der Waals surface area contributed by atoms with E-state index in [1.807, 2.05) is 14.1 Å². The topological polar surface area (TPSA) is 60.9 Å². The molecule has 2 unspecified atom stereocenters. The number of amides is 1. The number of hydrogen-bond acceptors (Lipinski definition) is 3. The predicted molar refractivity (Wildman–Crippen MR) is 55.5 cm³/mol. The molecule has 1 rings (SSSR count). The van der Waals surface area contributed by atoms with Crippen LogP contribution < -0.4 is 0 Å². The van der Waals surface area contributed by atoms with Crippen molar-refractivity contribution >= 4 is 11.9 Å². The fourth-order valence-electron chi connectivity index (χ4n) is 1.98. The van der Waals surface area contributed by atoms with E-state index in [1.54, 1.807) is 16.7 Å². The normalized spacial score (nSPS) is 26.0. The van der Waals surface area contributed by atoms with Crippen LogP contribution in [0.25, 0.3) is 0 Å². The number of aliphatic carboxylic acids is 1. The van der Waals surface area contributed by atoms with Gasteiger partial charge in [-0.3, -0.25) is 9.59 Å². The fourth-order valence-corrected chi connectivity index (χ4v) is 1.98. The number of carboxylic acid groups (broad SMARTS) is 1. The molecule has 0 bridgehead atoms.